The minimum Gasteiger partial charge on any atom is -0.505 e. The number of hydrogen-bond donors (Lipinski definition) is 2. The zero-order chi connectivity index (χ0) is 16.3. The summed E-state index contributed by atoms with van der Waals surface area (Å²) in [5.41, 5.74) is 0.596. The maximum absolute atomic E-state index is 12.6. The predicted octanol–water partition coefficient (Wildman–Crippen LogP) is 4.41. The molecule has 2 rings (SSSR count). The van der Waals surface area contributed by atoms with Crippen LogP contribution >= 0.6 is 35.6 Å². The topological polar surface area (TPSA) is 35.5 Å². The summed E-state index contributed by atoms with van der Waals surface area (Å²) in [5.74, 6) is -0.248. The van der Waals surface area contributed by atoms with Gasteiger partial charge in [0.05, 0.1) is 10.0 Å². The number of rotatable bonds is 4. The summed E-state index contributed by atoms with van der Waals surface area (Å²) in [5, 5.41) is 12.9. The Balaban J connectivity index is 0.00000264. The van der Waals surface area contributed by atoms with Crippen molar-refractivity contribution in [2.24, 2.45) is 0 Å². The molecule has 0 unspecified atom stereocenters. The van der Waals surface area contributed by atoms with Crippen LogP contribution in [0.3, 0.4) is 0 Å². The van der Waals surface area contributed by atoms with Gasteiger partial charge >= 0.3 is 6.18 Å². The molecule has 1 aromatic carbocycles. The van der Waals surface area contributed by atoms with Gasteiger partial charge in [-0.25, -0.2) is 0 Å². The minimum absolute atomic E-state index is 0. The number of phenols is 1. The van der Waals surface area contributed by atoms with E-state index in [1.54, 1.807) is 0 Å². The number of aromatic hydroxyl groups is 1. The fourth-order valence-electron chi connectivity index (χ4n) is 2.63. The van der Waals surface area contributed by atoms with Crippen molar-refractivity contribution < 1.29 is 18.3 Å². The van der Waals surface area contributed by atoms with E-state index in [-0.39, 0.29) is 34.6 Å². The summed E-state index contributed by atoms with van der Waals surface area (Å²) in [6, 6.07) is 2.55. The standard InChI is InChI=1S/C14H17Cl2F3N2O.ClH/c15-10-7-9(8-11(16)13(10)22)12(1-2-14(17,18)19)21-5-3-20-4-6-21;/h7-8,12,20,22H,1-6H2;1H/t12-;/m1./s1. The molecule has 1 aliphatic rings. The smallest absolute Gasteiger partial charge is 0.389 e. The SMILES string of the molecule is Cl.Oc1c(Cl)cc([C@@H](CCC(F)(F)F)N2CCNCC2)cc1Cl. The molecule has 1 atom stereocenters. The van der Waals surface area contributed by atoms with Crippen molar-refractivity contribution in [2.45, 2.75) is 25.1 Å². The fourth-order valence-corrected chi connectivity index (χ4v) is 3.14. The number of hydrogen-bond acceptors (Lipinski definition) is 3. The second-order valence-electron chi connectivity index (χ2n) is 5.29. The van der Waals surface area contributed by atoms with Crippen LogP contribution in [0.25, 0.3) is 0 Å². The molecule has 0 saturated carbocycles. The van der Waals surface area contributed by atoms with Crippen molar-refractivity contribution >= 4 is 35.6 Å². The molecule has 0 aromatic heterocycles. The fraction of sp³-hybridized carbons (Fsp3) is 0.571. The molecule has 0 amide bonds. The lowest BCUT2D eigenvalue weighted by molar-refractivity contribution is -0.138. The molecule has 0 aliphatic carbocycles. The van der Waals surface area contributed by atoms with Crippen molar-refractivity contribution in [2.75, 3.05) is 26.2 Å². The largest absolute Gasteiger partial charge is 0.505 e. The van der Waals surface area contributed by atoms with Gasteiger partial charge < -0.3 is 10.4 Å². The molecule has 2 N–H and O–H groups in total. The summed E-state index contributed by atoms with van der Waals surface area (Å²) in [4.78, 5) is 1.99. The van der Waals surface area contributed by atoms with Gasteiger partial charge in [-0.3, -0.25) is 4.90 Å². The molecule has 1 heterocycles. The average Bonchev–Trinajstić information content (AvgIpc) is 2.45. The van der Waals surface area contributed by atoms with E-state index in [1.165, 1.54) is 12.1 Å². The molecule has 1 aliphatic heterocycles. The lowest BCUT2D eigenvalue weighted by Gasteiger charge is -2.35. The highest BCUT2D eigenvalue weighted by molar-refractivity contribution is 6.37. The van der Waals surface area contributed by atoms with Crippen LogP contribution in [0.2, 0.25) is 10.0 Å². The maximum Gasteiger partial charge on any atom is 0.389 e. The van der Waals surface area contributed by atoms with Gasteiger partial charge in [0.25, 0.3) is 0 Å². The van der Waals surface area contributed by atoms with E-state index in [4.69, 9.17) is 23.2 Å². The van der Waals surface area contributed by atoms with Crippen LogP contribution in [0, 0.1) is 0 Å². The van der Waals surface area contributed by atoms with Gasteiger partial charge in [0.2, 0.25) is 0 Å². The van der Waals surface area contributed by atoms with Crippen LogP contribution in [0.15, 0.2) is 12.1 Å². The van der Waals surface area contributed by atoms with Gasteiger partial charge in [0.15, 0.2) is 5.75 Å². The van der Waals surface area contributed by atoms with Crippen molar-refractivity contribution in [3.05, 3.63) is 27.7 Å². The molecule has 23 heavy (non-hydrogen) atoms. The van der Waals surface area contributed by atoms with Gasteiger partial charge in [-0.1, -0.05) is 23.2 Å². The average molecular weight is 394 g/mol. The van der Waals surface area contributed by atoms with Crippen molar-refractivity contribution in [1.29, 1.82) is 0 Å². The molecule has 1 fully saturated rings. The lowest BCUT2D eigenvalue weighted by Crippen LogP contribution is -2.45. The monoisotopic (exact) mass is 392 g/mol. The second kappa shape index (κ2) is 8.62. The molecule has 1 saturated heterocycles. The number of phenolic OH excluding ortho intramolecular Hbond substituents is 1. The first kappa shape index (κ1) is 20.6. The first-order chi connectivity index (χ1) is 10.3. The Morgan fingerprint density at radius 2 is 1.70 bits per heavy atom. The zero-order valence-electron chi connectivity index (χ0n) is 12.2. The molecule has 1 aromatic rings. The van der Waals surface area contributed by atoms with E-state index in [0.29, 0.717) is 18.7 Å². The molecular weight excluding hydrogens is 376 g/mol. The summed E-state index contributed by atoms with van der Waals surface area (Å²) < 4.78 is 37.8. The van der Waals surface area contributed by atoms with Crippen LogP contribution < -0.4 is 5.32 Å². The van der Waals surface area contributed by atoms with Crippen molar-refractivity contribution in [1.82, 2.24) is 10.2 Å². The number of piperazine rings is 1. The van der Waals surface area contributed by atoms with Crippen LogP contribution in [-0.4, -0.2) is 42.4 Å². The predicted molar refractivity (Wildman–Crippen MR) is 87.8 cm³/mol. The van der Waals surface area contributed by atoms with E-state index < -0.39 is 18.6 Å². The van der Waals surface area contributed by atoms with Crippen LogP contribution in [0.1, 0.15) is 24.4 Å². The molecule has 0 spiro atoms. The highest BCUT2D eigenvalue weighted by Gasteiger charge is 2.31. The molecule has 3 nitrogen and oxygen atoms in total. The van der Waals surface area contributed by atoms with E-state index in [9.17, 15) is 18.3 Å². The first-order valence-electron chi connectivity index (χ1n) is 6.97. The zero-order valence-corrected chi connectivity index (χ0v) is 14.5. The third-order valence-corrected chi connectivity index (χ3v) is 4.29. The Labute approximate surface area is 149 Å². The minimum atomic E-state index is -4.21. The highest BCUT2D eigenvalue weighted by atomic mass is 35.5. The second-order valence-corrected chi connectivity index (χ2v) is 6.10. The van der Waals surface area contributed by atoms with Gasteiger partial charge in [0.1, 0.15) is 0 Å². The van der Waals surface area contributed by atoms with E-state index >= 15 is 0 Å². The summed E-state index contributed by atoms with van der Waals surface area (Å²) in [6.07, 6.45) is -5.16. The van der Waals surface area contributed by atoms with Crippen LogP contribution in [-0.2, 0) is 0 Å². The van der Waals surface area contributed by atoms with Crippen molar-refractivity contribution in [3.63, 3.8) is 0 Å². The molecular formula is C14H18Cl3F3N2O. The van der Waals surface area contributed by atoms with Gasteiger partial charge in [-0.05, 0) is 24.1 Å². The third-order valence-electron chi connectivity index (χ3n) is 3.72. The Bertz CT molecular complexity index is 499. The lowest BCUT2D eigenvalue weighted by atomic mass is 9.99. The van der Waals surface area contributed by atoms with Crippen molar-refractivity contribution in [3.8, 4) is 5.75 Å². The highest BCUT2D eigenvalue weighted by Crippen LogP contribution is 2.38. The van der Waals surface area contributed by atoms with Gasteiger partial charge in [-0.15, -0.1) is 12.4 Å². The Kier molecular flexibility index (Phi) is 7.74. The van der Waals surface area contributed by atoms with Crippen LogP contribution in [0.4, 0.5) is 13.2 Å². The number of benzene rings is 1. The van der Waals surface area contributed by atoms with E-state index in [1.807, 2.05) is 4.90 Å². The molecule has 0 bridgehead atoms. The van der Waals surface area contributed by atoms with E-state index in [0.717, 1.165) is 13.1 Å². The van der Waals surface area contributed by atoms with E-state index in [2.05, 4.69) is 5.32 Å². The Hall–Kier alpha value is -0.400. The maximum atomic E-state index is 12.6. The summed E-state index contributed by atoms with van der Waals surface area (Å²) in [6.45, 7) is 2.75. The Morgan fingerprint density at radius 3 is 2.17 bits per heavy atom. The summed E-state index contributed by atoms with van der Waals surface area (Å²) in [7, 11) is 0. The first-order valence-corrected chi connectivity index (χ1v) is 7.73. The quantitative estimate of drug-likeness (QED) is 0.795. The number of nitrogens with zero attached hydrogens (tertiary/aromatic N) is 1. The van der Waals surface area contributed by atoms with Gasteiger partial charge in [-0.2, -0.15) is 13.2 Å². The molecule has 0 radical (unpaired) electrons. The number of nitrogens with one attached hydrogen (secondary N) is 1. The number of halogens is 6. The number of alkyl halides is 3. The normalized spacial score (nSPS) is 17.6. The molecule has 132 valence electrons. The van der Waals surface area contributed by atoms with Crippen LogP contribution in [0.5, 0.6) is 5.75 Å². The Morgan fingerprint density at radius 1 is 1.17 bits per heavy atom. The third kappa shape index (κ3) is 5.87. The molecule has 9 heteroatoms. The van der Waals surface area contributed by atoms with Gasteiger partial charge in [0, 0.05) is 38.6 Å². The summed E-state index contributed by atoms with van der Waals surface area (Å²) >= 11 is 11.8.